The zero-order valence-electron chi connectivity index (χ0n) is 20.3. The molecule has 0 amide bonds. The van der Waals surface area contributed by atoms with Crippen LogP contribution in [-0.2, 0) is 0 Å². The molecule has 3 heterocycles. The van der Waals surface area contributed by atoms with Crippen molar-refractivity contribution in [2.75, 3.05) is 12.4 Å². The molecule has 37 heavy (non-hydrogen) atoms. The van der Waals surface area contributed by atoms with Gasteiger partial charge in [0.2, 0.25) is 0 Å². The summed E-state index contributed by atoms with van der Waals surface area (Å²) in [5.41, 5.74) is 3.67. The zero-order valence-corrected chi connectivity index (χ0v) is 20.3. The van der Waals surface area contributed by atoms with Crippen LogP contribution in [0.1, 0.15) is 34.5 Å². The Labute approximate surface area is 211 Å². The van der Waals surface area contributed by atoms with E-state index in [1.54, 1.807) is 53.7 Å². The number of anilines is 1. The SMILES string of the molecule is COc1ncc(-n2cc(-c3cc(=O)c4cc(C)cc(C(C)Nc5ccccc5C(=O)O)c4o3)cn2)cn1. The third-order valence-electron chi connectivity index (χ3n) is 5.93. The first-order valence-corrected chi connectivity index (χ1v) is 11.4. The van der Waals surface area contributed by atoms with Crippen LogP contribution < -0.4 is 15.5 Å². The number of aromatic carboxylic acids is 1. The van der Waals surface area contributed by atoms with E-state index in [0.717, 1.165) is 11.1 Å². The zero-order chi connectivity index (χ0) is 26.1. The number of aryl methyl sites for hydroxylation is 1. The van der Waals surface area contributed by atoms with Crippen LogP contribution in [-0.4, -0.2) is 37.9 Å². The molecule has 2 aromatic carbocycles. The monoisotopic (exact) mass is 497 g/mol. The van der Waals surface area contributed by atoms with Gasteiger partial charge < -0.3 is 19.6 Å². The van der Waals surface area contributed by atoms with Crippen molar-refractivity contribution in [2.24, 2.45) is 0 Å². The van der Waals surface area contributed by atoms with Crippen molar-refractivity contribution in [3.05, 3.63) is 94.2 Å². The molecule has 0 radical (unpaired) electrons. The first kappa shape index (κ1) is 23.7. The topological polar surface area (TPSA) is 132 Å². The standard InChI is InChI=1S/C27H23N5O5/c1-15-8-20(16(2)31-22-7-5-4-6-19(22)26(34)35)25-21(9-15)23(33)10-24(37-25)17-11-30-32(14-17)18-12-28-27(36-3)29-13-18/h4-14,16,31H,1-3H3,(H,34,35). The molecule has 10 nitrogen and oxygen atoms in total. The van der Waals surface area contributed by atoms with E-state index in [4.69, 9.17) is 9.15 Å². The maximum Gasteiger partial charge on any atom is 0.337 e. The van der Waals surface area contributed by atoms with Crippen molar-refractivity contribution in [1.82, 2.24) is 19.7 Å². The summed E-state index contributed by atoms with van der Waals surface area (Å²) in [7, 11) is 1.49. The van der Waals surface area contributed by atoms with Gasteiger partial charge in [0.15, 0.2) is 5.43 Å². The van der Waals surface area contributed by atoms with Crippen LogP contribution in [0.3, 0.4) is 0 Å². The number of aromatic nitrogens is 4. The van der Waals surface area contributed by atoms with Crippen molar-refractivity contribution < 1.29 is 19.1 Å². The van der Waals surface area contributed by atoms with Crippen molar-refractivity contribution in [3.63, 3.8) is 0 Å². The Bertz CT molecular complexity index is 1670. The minimum Gasteiger partial charge on any atom is -0.478 e. The molecule has 10 heteroatoms. The van der Waals surface area contributed by atoms with E-state index in [1.807, 2.05) is 19.9 Å². The molecule has 5 aromatic rings. The molecule has 0 saturated carbocycles. The van der Waals surface area contributed by atoms with E-state index >= 15 is 0 Å². The third-order valence-corrected chi connectivity index (χ3v) is 5.93. The predicted octanol–water partition coefficient (Wildman–Crippen LogP) is 4.62. The fourth-order valence-electron chi connectivity index (χ4n) is 4.13. The first-order chi connectivity index (χ1) is 17.8. The van der Waals surface area contributed by atoms with Gasteiger partial charge in [-0.1, -0.05) is 18.2 Å². The Kier molecular flexibility index (Phi) is 6.14. The highest BCUT2D eigenvalue weighted by atomic mass is 16.5. The second kappa shape index (κ2) is 9.57. The molecule has 2 N–H and O–H groups in total. The van der Waals surface area contributed by atoms with Crippen molar-refractivity contribution in [3.8, 4) is 23.0 Å². The van der Waals surface area contributed by atoms with Gasteiger partial charge in [0, 0.05) is 23.5 Å². The van der Waals surface area contributed by atoms with E-state index in [2.05, 4.69) is 20.4 Å². The Morgan fingerprint density at radius 3 is 2.62 bits per heavy atom. The van der Waals surface area contributed by atoms with Crippen LogP contribution >= 0.6 is 0 Å². The molecule has 0 aliphatic rings. The molecule has 1 atom stereocenters. The highest BCUT2D eigenvalue weighted by Crippen LogP contribution is 2.31. The smallest absolute Gasteiger partial charge is 0.337 e. The number of nitrogens with zero attached hydrogens (tertiary/aromatic N) is 4. The molecule has 5 rings (SSSR count). The summed E-state index contributed by atoms with van der Waals surface area (Å²) in [6.07, 6.45) is 6.45. The van der Waals surface area contributed by atoms with E-state index in [-0.39, 0.29) is 23.0 Å². The van der Waals surface area contributed by atoms with Gasteiger partial charge in [-0.2, -0.15) is 5.10 Å². The number of fused-ring (bicyclic) bond motifs is 1. The number of methoxy groups -OCH3 is 1. The van der Waals surface area contributed by atoms with Gasteiger partial charge in [0.05, 0.1) is 48.3 Å². The Balaban J connectivity index is 1.56. The second-order valence-electron chi connectivity index (χ2n) is 8.52. The second-order valence-corrected chi connectivity index (χ2v) is 8.52. The molecule has 186 valence electrons. The number of hydrogen-bond acceptors (Lipinski definition) is 8. The number of hydrogen-bond donors (Lipinski definition) is 2. The van der Waals surface area contributed by atoms with Crippen molar-refractivity contribution in [1.29, 1.82) is 0 Å². The highest BCUT2D eigenvalue weighted by molar-refractivity contribution is 5.94. The van der Waals surface area contributed by atoms with E-state index in [1.165, 1.54) is 19.2 Å². The predicted molar refractivity (Wildman–Crippen MR) is 137 cm³/mol. The first-order valence-electron chi connectivity index (χ1n) is 11.4. The summed E-state index contributed by atoms with van der Waals surface area (Å²) < 4.78 is 12.8. The highest BCUT2D eigenvalue weighted by Gasteiger charge is 2.19. The number of nitrogens with one attached hydrogen (secondary N) is 1. The lowest BCUT2D eigenvalue weighted by Crippen LogP contribution is -2.12. The molecular weight excluding hydrogens is 474 g/mol. The molecule has 0 aliphatic carbocycles. The fourth-order valence-corrected chi connectivity index (χ4v) is 4.13. The Morgan fingerprint density at radius 1 is 1.14 bits per heavy atom. The van der Waals surface area contributed by atoms with Crippen LogP contribution in [0.4, 0.5) is 5.69 Å². The number of carboxylic acid groups (broad SMARTS) is 1. The average Bonchev–Trinajstić information content (AvgIpc) is 3.39. The van der Waals surface area contributed by atoms with Gasteiger partial charge >= 0.3 is 12.0 Å². The van der Waals surface area contributed by atoms with Crippen LogP contribution in [0.5, 0.6) is 6.01 Å². The van der Waals surface area contributed by atoms with Gasteiger partial charge in [-0.3, -0.25) is 4.79 Å². The van der Waals surface area contributed by atoms with Crippen LogP contribution in [0, 0.1) is 6.92 Å². The molecule has 0 spiro atoms. The summed E-state index contributed by atoms with van der Waals surface area (Å²) in [5.74, 6) is -0.682. The summed E-state index contributed by atoms with van der Waals surface area (Å²) in [6.45, 7) is 3.79. The maximum absolute atomic E-state index is 13.1. The summed E-state index contributed by atoms with van der Waals surface area (Å²) >= 11 is 0. The number of rotatable bonds is 7. The average molecular weight is 498 g/mol. The third kappa shape index (κ3) is 4.64. The number of ether oxygens (including phenoxy) is 1. The minimum atomic E-state index is -1.03. The molecule has 0 aliphatic heterocycles. The van der Waals surface area contributed by atoms with Gasteiger partial charge in [-0.25, -0.2) is 19.4 Å². The fraction of sp³-hybridized carbons (Fsp3) is 0.148. The lowest BCUT2D eigenvalue weighted by atomic mass is 10.0. The maximum atomic E-state index is 13.1. The lowest BCUT2D eigenvalue weighted by molar-refractivity contribution is 0.0698. The molecule has 3 aromatic heterocycles. The van der Waals surface area contributed by atoms with Crippen LogP contribution in [0.15, 0.2) is 76.5 Å². The number of benzene rings is 2. The minimum absolute atomic E-state index is 0.156. The summed E-state index contributed by atoms with van der Waals surface area (Å²) in [5, 5.41) is 17.6. The largest absolute Gasteiger partial charge is 0.478 e. The van der Waals surface area contributed by atoms with Crippen molar-refractivity contribution in [2.45, 2.75) is 19.9 Å². The number of carbonyl (C=O) groups is 1. The quantitative estimate of drug-likeness (QED) is 0.330. The van der Waals surface area contributed by atoms with E-state index in [9.17, 15) is 14.7 Å². The van der Waals surface area contributed by atoms with E-state index in [0.29, 0.717) is 33.7 Å². The Hall–Kier alpha value is -4.99. The number of carboxylic acids is 1. The van der Waals surface area contributed by atoms with E-state index < -0.39 is 5.97 Å². The molecular formula is C27H23N5O5. The lowest BCUT2D eigenvalue weighted by Gasteiger charge is -2.19. The summed E-state index contributed by atoms with van der Waals surface area (Å²) in [4.78, 5) is 33.0. The molecule has 0 bridgehead atoms. The number of para-hydroxylation sites is 1. The molecule has 1 unspecified atom stereocenters. The molecule has 0 fully saturated rings. The normalized spacial score (nSPS) is 11.9. The Morgan fingerprint density at radius 2 is 1.89 bits per heavy atom. The van der Waals surface area contributed by atoms with Crippen LogP contribution in [0.25, 0.3) is 28.0 Å². The summed E-state index contributed by atoms with van der Waals surface area (Å²) in [6, 6.07) is 11.7. The molecule has 0 saturated heterocycles. The van der Waals surface area contributed by atoms with Gasteiger partial charge in [-0.15, -0.1) is 0 Å². The van der Waals surface area contributed by atoms with Gasteiger partial charge in [0.1, 0.15) is 17.0 Å². The van der Waals surface area contributed by atoms with Gasteiger partial charge in [0.25, 0.3) is 0 Å². The van der Waals surface area contributed by atoms with Crippen LogP contribution in [0.2, 0.25) is 0 Å². The van der Waals surface area contributed by atoms with Crippen molar-refractivity contribution >= 4 is 22.6 Å². The van der Waals surface area contributed by atoms with Gasteiger partial charge in [-0.05, 0) is 37.6 Å².